The van der Waals surface area contributed by atoms with Crippen LogP contribution in [0.4, 0.5) is 0 Å². The zero-order chi connectivity index (χ0) is 15.5. The Hall–Kier alpha value is -1.39. The maximum absolute atomic E-state index is 5.94. The summed E-state index contributed by atoms with van der Waals surface area (Å²) in [6, 6.07) is 8.51. The van der Waals surface area contributed by atoms with Crippen LogP contribution in [0, 0.1) is 6.92 Å². The van der Waals surface area contributed by atoms with Crippen molar-refractivity contribution in [2.75, 3.05) is 6.54 Å². The van der Waals surface area contributed by atoms with Gasteiger partial charge in [-0.25, -0.2) is 4.98 Å². The number of thiazole rings is 1. The predicted octanol–water partition coefficient (Wildman–Crippen LogP) is 4.06. The maximum atomic E-state index is 5.94. The second kappa shape index (κ2) is 6.80. The minimum absolute atomic E-state index is 0.136. The zero-order valence-corrected chi connectivity index (χ0v) is 14.4. The van der Waals surface area contributed by atoms with Crippen LogP contribution in [0.5, 0.6) is 5.75 Å². The van der Waals surface area contributed by atoms with Crippen molar-refractivity contribution in [1.29, 1.82) is 0 Å². The first kappa shape index (κ1) is 15.5. The summed E-state index contributed by atoms with van der Waals surface area (Å²) in [6.45, 7) is 7.19. The van der Waals surface area contributed by atoms with Gasteiger partial charge in [0.1, 0.15) is 16.9 Å². The van der Waals surface area contributed by atoms with Gasteiger partial charge in [0.05, 0.1) is 11.7 Å². The Morgan fingerprint density at radius 1 is 1.23 bits per heavy atom. The first-order valence-electron chi connectivity index (χ1n) is 8.07. The number of hydrogen-bond acceptors (Lipinski definition) is 4. The maximum Gasteiger partial charge on any atom is 0.119 e. The van der Waals surface area contributed by atoms with E-state index in [4.69, 9.17) is 9.72 Å². The van der Waals surface area contributed by atoms with Crippen molar-refractivity contribution in [1.82, 2.24) is 10.3 Å². The summed E-state index contributed by atoms with van der Waals surface area (Å²) in [6.07, 6.45) is 3.78. The van der Waals surface area contributed by atoms with Gasteiger partial charge >= 0.3 is 0 Å². The molecule has 118 valence electrons. The SMILES string of the molecule is Cc1ccc(OC(C)CNC(C)c2nc3c(s2)CCC3)cc1. The second-order valence-corrected chi connectivity index (χ2v) is 7.26. The molecule has 1 aliphatic rings. The molecule has 1 N–H and O–H groups in total. The number of benzene rings is 1. The highest BCUT2D eigenvalue weighted by Crippen LogP contribution is 2.30. The van der Waals surface area contributed by atoms with Crippen LogP contribution in [0.25, 0.3) is 0 Å². The van der Waals surface area contributed by atoms with E-state index in [0.717, 1.165) is 18.7 Å². The van der Waals surface area contributed by atoms with Crippen LogP contribution in [-0.2, 0) is 12.8 Å². The van der Waals surface area contributed by atoms with E-state index in [0.29, 0.717) is 6.04 Å². The fourth-order valence-corrected chi connectivity index (χ4v) is 3.90. The molecule has 0 saturated heterocycles. The number of nitrogens with one attached hydrogen (secondary N) is 1. The topological polar surface area (TPSA) is 34.1 Å². The number of ether oxygens (including phenoxy) is 1. The Kier molecular flexibility index (Phi) is 4.79. The van der Waals surface area contributed by atoms with E-state index < -0.39 is 0 Å². The summed E-state index contributed by atoms with van der Waals surface area (Å²) in [5.74, 6) is 0.931. The summed E-state index contributed by atoms with van der Waals surface area (Å²) in [5, 5.41) is 4.76. The van der Waals surface area contributed by atoms with Gasteiger partial charge in [0.2, 0.25) is 0 Å². The molecule has 4 heteroatoms. The van der Waals surface area contributed by atoms with Gasteiger partial charge in [-0.3, -0.25) is 0 Å². The van der Waals surface area contributed by atoms with Crippen LogP contribution in [-0.4, -0.2) is 17.6 Å². The molecule has 2 unspecified atom stereocenters. The van der Waals surface area contributed by atoms with Crippen LogP contribution < -0.4 is 10.1 Å². The van der Waals surface area contributed by atoms with Crippen molar-refractivity contribution in [3.8, 4) is 5.75 Å². The highest BCUT2D eigenvalue weighted by molar-refractivity contribution is 7.11. The average molecular weight is 316 g/mol. The first-order chi connectivity index (χ1) is 10.6. The lowest BCUT2D eigenvalue weighted by atomic mass is 10.2. The second-order valence-electron chi connectivity index (χ2n) is 6.15. The predicted molar refractivity (Wildman–Crippen MR) is 91.8 cm³/mol. The largest absolute Gasteiger partial charge is 0.489 e. The third-order valence-electron chi connectivity index (χ3n) is 4.05. The summed E-state index contributed by atoms with van der Waals surface area (Å²) in [4.78, 5) is 6.27. The van der Waals surface area contributed by atoms with E-state index >= 15 is 0 Å². The van der Waals surface area contributed by atoms with Gasteiger partial charge < -0.3 is 10.1 Å². The van der Waals surface area contributed by atoms with E-state index in [1.54, 1.807) is 0 Å². The standard InChI is InChI=1S/C18H24N2OS/c1-12-7-9-15(10-8-12)21-13(2)11-19-14(3)18-20-16-5-4-6-17(16)22-18/h7-10,13-14,19H,4-6,11H2,1-3H3. The Morgan fingerprint density at radius 2 is 2.00 bits per heavy atom. The van der Waals surface area contributed by atoms with Crippen molar-refractivity contribution in [2.45, 2.75) is 52.2 Å². The Balaban J connectivity index is 1.49. The van der Waals surface area contributed by atoms with Gasteiger partial charge in [0.25, 0.3) is 0 Å². The van der Waals surface area contributed by atoms with Gasteiger partial charge in [-0.05, 0) is 52.2 Å². The normalized spacial score (nSPS) is 16.3. The van der Waals surface area contributed by atoms with Gasteiger partial charge in [-0.15, -0.1) is 11.3 Å². The molecular weight excluding hydrogens is 292 g/mol. The molecule has 0 aliphatic heterocycles. The average Bonchev–Trinajstić information content (AvgIpc) is 3.08. The number of fused-ring (bicyclic) bond motifs is 1. The number of aromatic nitrogens is 1. The molecule has 0 bridgehead atoms. The summed E-state index contributed by atoms with van der Waals surface area (Å²) >= 11 is 1.87. The van der Waals surface area contributed by atoms with E-state index in [1.807, 2.05) is 23.5 Å². The van der Waals surface area contributed by atoms with E-state index in [1.165, 1.54) is 34.0 Å². The van der Waals surface area contributed by atoms with Crippen LogP contribution >= 0.6 is 11.3 Å². The first-order valence-corrected chi connectivity index (χ1v) is 8.88. The Labute approximate surface area is 136 Å². The zero-order valence-electron chi connectivity index (χ0n) is 13.6. The van der Waals surface area contributed by atoms with Crippen LogP contribution in [0.1, 0.15) is 47.5 Å². The molecule has 2 atom stereocenters. The van der Waals surface area contributed by atoms with E-state index in [9.17, 15) is 0 Å². The quantitative estimate of drug-likeness (QED) is 0.872. The third-order valence-corrected chi connectivity index (χ3v) is 5.39. The third kappa shape index (κ3) is 3.68. The minimum atomic E-state index is 0.136. The molecule has 0 radical (unpaired) electrons. The van der Waals surface area contributed by atoms with Gasteiger partial charge in [0, 0.05) is 11.4 Å². The fraction of sp³-hybridized carbons (Fsp3) is 0.500. The smallest absolute Gasteiger partial charge is 0.119 e. The summed E-state index contributed by atoms with van der Waals surface area (Å²) < 4.78 is 5.94. The fourth-order valence-electron chi connectivity index (χ4n) is 2.72. The molecule has 0 amide bonds. The lowest BCUT2D eigenvalue weighted by Gasteiger charge is -2.18. The molecule has 0 spiro atoms. The summed E-state index contributed by atoms with van der Waals surface area (Å²) in [5.41, 5.74) is 2.58. The van der Waals surface area contributed by atoms with Gasteiger partial charge in [0.15, 0.2) is 0 Å². The van der Waals surface area contributed by atoms with E-state index in [-0.39, 0.29) is 6.10 Å². The minimum Gasteiger partial charge on any atom is -0.489 e. The molecule has 0 saturated carbocycles. The number of hydrogen-bond donors (Lipinski definition) is 1. The summed E-state index contributed by atoms with van der Waals surface area (Å²) in [7, 11) is 0. The van der Waals surface area contributed by atoms with Crippen molar-refractivity contribution in [2.24, 2.45) is 0 Å². The van der Waals surface area contributed by atoms with Crippen LogP contribution in [0.3, 0.4) is 0 Å². The molecule has 0 fully saturated rings. The Morgan fingerprint density at radius 3 is 2.73 bits per heavy atom. The Bertz CT molecular complexity index is 599. The molecule has 3 nitrogen and oxygen atoms in total. The molecule has 1 aliphatic carbocycles. The van der Waals surface area contributed by atoms with Crippen molar-refractivity contribution < 1.29 is 4.74 Å². The number of rotatable bonds is 6. The molecular formula is C18H24N2OS. The van der Waals surface area contributed by atoms with Crippen LogP contribution in [0.15, 0.2) is 24.3 Å². The van der Waals surface area contributed by atoms with Crippen molar-refractivity contribution >= 4 is 11.3 Å². The molecule has 1 aromatic heterocycles. The van der Waals surface area contributed by atoms with Crippen molar-refractivity contribution in [3.05, 3.63) is 45.4 Å². The molecule has 1 aromatic carbocycles. The molecule has 22 heavy (non-hydrogen) atoms. The van der Waals surface area contributed by atoms with Crippen LogP contribution in [0.2, 0.25) is 0 Å². The van der Waals surface area contributed by atoms with Crippen molar-refractivity contribution in [3.63, 3.8) is 0 Å². The lowest BCUT2D eigenvalue weighted by Crippen LogP contribution is -2.30. The highest BCUT2D eigenvalue weighted by atomic mass is 32.1. The highest BCUT2D eigenvalue weighted by Gasteiger charge is 2.19. The molecule has 1 heterocycles. The monoisotopic (exact) mass is 316 g/mol. The molecule has 3 rings (SSSR count). The van der Waals surface area contributed by atoms with Gasteiger partial charge in [-0.1, -0.05) is 17.7 Å². The van der Waals surface area contributed by atoms with E-state index in [2.05, 4.69) is 38.2 Å². The number of aryl methyl sites for hydroxylation is 3. The number of nitrogens with zero attached hydrogens (tertiary/aromatic N) is 1. The lowest BCUT2D eigenvalue weighted by molar-refractivity contribution is 0.212. The van der Waals surface area contributed by atoms with Gasteiger partial charge in [-0.2, -0.15) is 0 Å². The molecule has 2 aromatic rings.